The van der Waals surface area contributed by atoms with Crippen LogP contribution < -0.4 is 18.9 Å². The summed E-state index contributed by atoms with van der Waals surface area (Å²) in [6.07, 6.45) is 15.1. The molecule has 9 aromatic rings. The van der Waals surface area contributed by atoms with E-state index in [0.717, 1.165) is 61.4 Å². The van der Waals surface area contributed by atoms with Crippen LogP contribution in [0, 0.1) is 17.6 Å². The zero-order valence-electron chi connectivity index (χ0n) is 46.6. The van der Waals surface area contributed by atoms with Gasteiger partial charge in [-0.25, -0.2) is 18.4 Å². The van der Waals surface area contributed by atoms with Gasteiger partial charge in [0.2, 0.25) is 0 Å². The number of hydrogen-bond acceptors (Lipinski definition) is 7. The SMILES string of the molecule is CCCCCC1CCC(c2ccc(-c3ccc(C(=O)Oc4ccc(-c5ccc(C(=O)Oc6cc7c8c(c9c(c7cc6OC)OC(c6ccc(F)cc6)(c6ccc(F)cc6)C=C9)C(CC)(OC)c6ccccc6-8)cc5)cc4)cc3)cc2)CC1. The molecule has 2 aliphatic carbocycles. The van der Waals surface area contributed by atoms with Crippen molar-refractivity contribution < 1.29 is 42.1 Å². The van der Waals surface area contributed by atoms with Gasteiger partial charge in [0.05, 0.1) is 18.2 Å². The van der Waals surface area contributed by atoms with E-state index in [1.54, 1.807) is 55.6 Å². The quantitative estimate of drug-likeness (QED) is 0.0542. The number of fused-ring (bicyclic) bond motifs is 8. The highest BCUT2D eigenvalue weighted by atomic mass is 19.1. The van der Waals surface area contributed by atoms with E-state index >= 15 is 0 Å². The molecule has 412 valence electrons. The van der Waals surface area contributed by atoms with Crippen LogP contribution in [0.25, 0.3) is 50.2 Å². The summed E-state index contributed by atoms with van der Waals surface area (Å²) in [7, 11) is 3.22. The number of ether oxygens (including phenoxy) is 5. The monoisotopic (exact) mass is 1090 g/mol. The molecule has 1 unspecified atom stereocenters. The first-order valence-electron chi connectivity index (χ1n) is 28.7. The number of rotatable bonds is 16. The predicted octanol–water partition coefficient (Wildman–Crippen LogP) is 18.4. The minimum absolute atomic E-state index is 0.191. The average molecular weight is 1090 g/mol. The van der Waals surface area contributed by atoms with Gasteiger partial charge in [0.15, 0.2) is 17.1 Å². The molecule has 0 spiro atoms. The van der Waals surface area contributed by atoms with E-state index in [1.807, 2.05) is 84.9 Å². The fourth-order valence-corrected chi connectivity index (χ4v) is 12.9. The first-order chi connectivity index (χ1) is 40.0. The maximum absolute atomic E-state index is 14.5. The van der Waals surface area contributed by atoms with E-state index in [-0.39, 0.29) is 11.5 Å². The van der Waals surface area contributed by atoms with E-state index < -0.39 is 34.8 Å². The highest BCUT2D eigenvalue weighted by Gasteiger charge is 2.48. The van der Waals surface area contributed by atoms with E-state index in [2.05, 4.69) is 50.2 Å². The van der Waals surface area contributed by atoms with Crippen LogP contribution in [0.2, 0.25) is 0 Å². The molecule has 1 saturated carbocycles. The number of unbranched alkanes of at least 4 members (excludes halogenated alkanes) is 2. The largest absolute Gasteiger partial charge is 0.493 e. The van der Waals surface area contributed by atoms with Crippen molar-refractivity contribution >= 4 is 28.8 Å². The van der Waals surface area contributed by atoms with Gasteiger partial charge in [0.25, 0.3) is 0 Å². The number of benzene rings is 9. The first kappa shape index (κ1) is 54.0. The maximum Gasteiger partial charge on any atom is 0.343 e. The minimum atomic E-state index is -1.31. The number of hydrogen-bond donors (Lipinski definition) is 0. The van der Waals surface area contributed by atoms with Crippen molar-refractivity contribution in [3.05, 3.63) is 244 Å². The molecule has 7 nitrogen and oxygen atoms in total. The molecule has 0 N–H and O–H groups in total. The maximum atomic E-state index is 14.5. The highest BCUT2D eigenvalue weighted by Crippen LogP contribution is 2.60. The summed E-state index contributed by atoms with van der Waals surface area (Å²) < 4.78 is 61.0. The Balaban J connectivity index is 0.770. The van der Waals surface area contributed by atoms with Crippen LogP contribution in [-0.4, -0.2) is 26.2 Å². The van der Waals surface area contributed by atoms with Crippen LogP contribution in [0.3, 0.4) is 0 Å². The molecule has 1 atom stereocenters. The van der Waals surface area contributed by atoms with Crippen LogP contribution in [0.15, 0.2) is 188 Å². The van der Waals surface area contributed by atoms with Crippen molar-refractivity contribution in [3.8, 4) is 56.4 Å². The van der Waals surface area contributed by atoms with Gasteiger partial charge in [-0.1, -0.05) is 155 Å². The lowest BCUT2D eigenvalue weighted by atomic mass is 9.77. The van der Waals surface area contributed by atoms with Crippen molar-refractivity contribution in [1.82, 2.24) is 0 Å². The van der Waals surface area contributed by atoms with Crippen molar-refractivity contribution in [1.29, 1.82) is 0 Å². The van der Waals surface area contributed by atoms with Crippen LogP contribution in [-0.2, 0) is 15.9 Å². The fraction of sp³-hybridized carbons (Fsp3) is 0.233. The second-order valence-corrected chi connectivity index (χ2v) is 22.0. The molecule has 9 aromatic carbocycles. The van der Waals surface area contributed by atoms with Gasteiger partial charge in [0, 0.05) is 34.7 Å². The molecule has 0 radical (unpaired) electrons. The molecule has 0 bridgehead atoms. The third kappa shape index (κ3) is 9.95. The van der Waals surface area contributed by atoms with Gasteiger partial charge >= 0.3 is 11.9 Å². The Bertz CT molecular complexity index is 3790. The number of carbonyl (C=O) groups is 2. The topological polar surface area (TPSA) is 80.3 Å². The van der Waals surface area contributed by atoms with Gasteiger partial charge in [-0.2, -0.15) is 0 Å². The lowest BCUT2D eigenvalue weighted by molar-refractivity contribution is 0.0219. The molecule has 1 aliphatic heterocycles. The molecule has 3 aliphatic rings. The third-order valence-electron chi connectivity index (χ3n) is 17.4. The third-order valence-corrected chi connectivity index (χ3v) is 17.4. The molecule has 82 heavy (non-hydrogen) atoms. The smallest absolute Gasteiger partial charge is 0.343 e. The molecule has 0 aromatic heterocycles. The predicted molar refractivity (Wildman–Crippen MR) is 320 cm³/mol. The minimum Gasteiger partial charge on any atom is -0.493 e. The fourth-order valence-electron chi connectivity index (χ4n) is 12.9. The Hall–Kier alpha value is -8.66. The zero-order valence-corrected chi connectivity index (χ0v) is 46.6. The summed E-state index contributed by atoms with van der Waals surface area (Å²) in [5.41, 5.74) is 9.63. The molecule has 12 rings (SSSR count). The Kier molecular flexibility index (Phi) is 14.9. The normalized spacial score (nSPS) is 17.5. The first-order valence-corrected chi connectivity index (χ1v) is 28.7. The Morgan fingerprint density at radius 2 is 1.15 bits per heavy atom. The lowest BCUT2D eigenvalue weighted by Crippen LogP contribution is -2.35. The Morgan fingerprint density at radius 3 is 1.71 bits per heavy atom. The highest BCUT2D eigenvalue weighted by molar-refractivity contribution is 6.10. The van der Waals surface area contributed by atoms with Crippen LogP contribution in [0.4, 0.5) is 8.78 Å². The van der Waals surface area contributed by atoms with Crippen LogP contribution in [0.5, 0.6) is 23.0 Å². The van der Waals surface area contributed by atoms with Gasteiger partial charge in [-0.3, -0.25) is 0 Å². The summed E-state index contributed by atoms with van der Waals surface area (Å²) in [6.45, 7) is 4.36. The molecule has 0 saturated heterocycles. The van der Waals surface area contributed by atoms with Crippen molar-refractivity contribution in [3.63, 3.8) is 0 Å². The summed E-state index contributed by atoms with van der Waals surface area (Å²) >= 11 is 0. The molecular formula is C73H64F2O7. The van der Waals surface area contributed by atoms with Crippen molar-refractivity contribution in [2.75, 3.05) is 14.2 Å². The standard InChI is InChI=1S/C73H64F2O7/c1-5-7-8-11-46-14-16-47(17-15-46)48-18-20-49(21-19-48)50-22-26-53(27-23-50)70(76)80-59-40-30-52(31-41-59)51-24-28-54(29-25-51)71(77)81-66-44-62-63(45-65(66)78-3)69-61(68-67(62)60-12-9-10-13-64(60)72(68,6-2)79-4)42-43-73(82-69,55-32-36-57(74)37-33-55)56-34-38-58(75)39-35-56/h9-10,12-13,18-47H,5-8,11,14-17H2,1-4H3. The zero-order chi connectivity index (χ0) is 56.5. The molecule has 1 heterocycles. The molecule has 1 fully saturated rings. The van der Waals surface area contributed by atoms with E-state index in [9.17, 15) is 18.4 Å². The van der Waals surface area contributed by atoms with Gasteiger partial charge < -0.3 is 23.7 Å². The second-order valence-electron chi connectivity index (χ2n) is 22.0. The van der Waals surface area contributed by atoms with Gasteiger partial charge in [-0.15, -0.1) is 0 Å². The van der Waals surface area contributed by atoms with Gasteiger partial charge in [0.1, 0.15) is 28.7 Å². The van der Waals surface area contributed by atoms with Crippen LogP contribution in [0.1, 0.15) is 132 Å². The molecule has 0 amide bonds. The van der Waals surface area contributed by atoms with E-state index in [1.165, 1.54) is 88.3 Å². The van der Waals surface area contributed by atoms with E-state index in [0.29, 0.717) is 51.5 Å². The second kappa shape index (κ2) is 22.7. The number of methoxy groups -OCH3 is 2. The van der Waals surface area contributed by atoms with Crippen molar-refractivity contribution in [2.45, 2.75) is 88.8 Å². The Morgan fingerprint density at radius 1 is 0.598 bits per heavy atom. The summed E-state index contributed by atoms with van der Waals surface area (Å²) in [5, 5.41) is 1.38. The van der Waals surface area contributed by atoms with Crippen LogP contribution >= 0.6 is 0 Å². The summed E-state index contributed by atoms with van der Waals surface area (Å²) in [6, 6.07) is 54.9. The lowest BCUT2D eigenvalue weighted by Gasteiger charge is -2.39. The Labute approximate surface area is 478 Å². The summed E-state index contributed by atoms with van der Waals surface area (Å²) in [5.74, 6) is 1.05. The van der Waals surface area contributed by atoms with E-state index in [4.69, 9.17) is 23.7 Å². The number of halogens is 2. The molecule has 9 heteroatoms. The molecular weight excluding hydrogens is 1030 g/mol. The summed E-state index contributed by atoms with van der Waals surface area (Å²) in [4.78, 5) is 27.5. The van der Waals surface area contributed by atoms with Crippen molar-refractivity contribution in [2.24, 2.45) is 5.92 Å². The number of esters is 2. The van der Waals surface area contributed by atoms with Gasteiger partial charge in [-0.05, 0) is 173 Å². The number of carbonyl (C=O) groups excluding carboxylic acids is 2. The average Bonchev–Trinajstić information content (AvgIpc) is 2.02.